The average molecular weight is 239 g/mol. The molecule has 17 heavy (non-hydrogen) atoms. The minimum atomic E-state index is 0.789. The first kappa shape index (κ1) is 15.0. The third-order valence-corrected chi connectivity index (χ3v) is 4.67. The van der Waals surface area contributed by atoms with Crippen LogP contribution in [-0.4, -0.2) is 13.1 Å². The van der Waals surface area contributed by atoms with Crippen LogP contribution in [0.1, 0.15) is 78.1 Å². The third kappa shape index (κ3) is 6.45. The number of nitrogens with one attached hydrogen (secondary N) is 1. The van der Waals surface area contributed by atoms with Gasteiger partial charge in [-0.25, -0.2) is 0 Å². The van der Waals surface area contributed by atoms with E-state index in [1.807, 2.05) is 0 Å². The fourth-order valence-corrected chi connectivity index (χ4v) is 3.20. The summed E-state index contributed by atoms with van der Waals surface area (Å²) in [5, 5.41) is 3.49. The Morgan fingerprint density at radius 1 is 1.00 bits per heavy atom. The van der Waals surface area contributed by atoms with Crippen molar-refractivity contribution in [1.82, 2.24) is 5.32 Å². The molecule has 0 aliphatic heterocycles. The van der Waals surface area contributed by atoms with E-state index in [0.29, 0.717) is 0 Å². The molecule has 0 aromatic heterocycles. The van der Waals surface area contributed by atoms with Gasteiger partial charge in [0.1, 0.15) is 0 Å². The molecule has 3 unspecified atom stereocenters. The second-order valence-corrected chi connectivity index (χ2v) is 6.17. The van der Waals surface area contributed by atoms with Gasteiger partial charge in [-0.05, 0) is 38.1 Å². The fourth-order valence-electron chi connectivity index (χ4n) is 3.20. The van der Waals surface area contributed by atoms with Gasteiger partial charge >= 0.3 is 0 Å². The molecule has 0 radical (unpaired) electrons. The maximum atomic E-state index is 3.49. The molecule has 1 fully saturated rings. The second-order valence-electron chi connectivity index (χ2n) is 6.17. The summed E-state index contributed by atoms with van der Waals surface area (Å²) in [6.45, 7) is 4.76. The molecule has 102 valence electrons. The Morgan fingerprint density at radius 2 is 1.65 bits per heavy atom. The topological polar surface area (TPSA) is 12.0 Å². The highest BCUT2D eigenvalue weighted by Gasteiger charge is 2.15. The highest BCUT2D eigenvalue weighted by molar-refractivity contribution is 4.70. The Bertz CT molecular complexity index is 178. The number of hydrogen-bond donors (Lipinski definition) is 1. The van der Waals surface area contributed by atoms with Gasteiger partial charge in [-0.3, -0.25) is 0 Å². The number of rotatable bonds is 4. The first-order chi connectivity index (χ1) is 8.26. The smallest absolute Gasteiger partial charge is 0.00640 e. The van der Waals surface area contributed by atoms with Crippen LogP contribution >= 0.6 is 0 Å². The molecule has 0 amide bonds. The molecule has 0 aromatic rings. The second kappa shape index (κ2) is 8.97. The van der Waals surface area contributed by atoms with Crippen LogP contribution in [0, 0.1) is 11.8 Å². The Labute approximate surface area is 109 Å². The summed E-state index contributed by atoms with van der Waals surface area (Å²) >= 11 is 0. The van der Waals surface area contributed by atoms with Gasteiger partial charge in [0.25, 0.3) is 0 Å². The Kier molecular flexibility index (Phi) is 7.92. The summed E-state index contributed by atoms with van der Waals surface area (Å²) in [7, 11) is 2.13. The van der Waals surface area contributed by atoms with Crippen molar-refractivity contribution >= 4 is 0 Å². The van der Waals surface area contributed by atoms with Crippen LogP contribution in [0.2, 0.25) is 0 Å². The molecule has 0 aromatic carbocycles. The van der Waals surface area contributed by atoms with Crippen LogP contribution < -0.4 is 5.32 Å². The van der Waals surface area contributed by atoms with E-state index in [2.05, 4.69) is 26.2 Å². The van der Waals surface area contributed by atoms with E-state index < -0.39 is 0 Å². The van der Waals surface area contributed by atoms with Crippen LogP contribution in [0.3, 0.4) is 0 Å². The summed E-state index contributed by atoms with van der Waals surface area (Å²) in [5.41, 5.74) is 0. The molecule has 1 N–H and O–H groups in total. The lowest BCUT2D eigenvalue weighted by Gasteiger charge is -2.24. The van der Waals surface area contributed by atoms with Gasteiger partial charge in [0.15, 0.2) is 0 Å². The molecule has 1 aliphatic rings. The van der Waals surface area contributed by atoms with Gasteiger partial charge in [0.2, 0.25) is 0 Å². The van der Waals surface area contributed by atoms with Crippen molar-refractivity contribution in [2.45, 2.75) is 84.1 Å². The van der Waals surface area contributed by atoms with Crippen molar-refractivity contribution in [1.29, 1.82) is 0 Å². The maximum Gasteiger partial charge on any atom is 0.00640 e. The molecule has 0 heterocycles. The molecule has 1 nitrogen and oxygen atoms in total. The van der Waals surface area contributed by atoms with Gasteiger partial charge in [0.05, 0.1) is 0 Å². The van der Waals surface area contributed by atoms with Crippen molar-refractivity contribution in [3.8, 4) is 0 Å². The quantitative estimate of drug-likeness (QED) is 0.745. The van der Waals surface area contributed by atoms with Crippen molar-refractivity contribution in [2.24, 2.45) is 11.8 Å². The minimum absolute atomic E-state index is 0.789. The first-order valence-corrected chi connectivity index (χ1v) is 7.93. The minimum Gasteiger partial charge on any atom is -0.317 e. The van der Waals surface area contributed by atoms with Crippen LogP contribution in [0.15, 0.2) is 0 Å². The lowest BCUT2D eigenvalue weighted by molar-refractivity contribution is 0.305. The summed E-state index contributed by atoms with van der Waals surface area (Å²) in [4.78, 5) is 0. The summed E-state index contributed by atoms with van der Waals surface area (Å²) < 4.78 is 0. The predicted octanol–water partition coefficient (Wildman–Crippen LogP) is 4.76. The van der Waals surface area contributed by atoms with Gasteiger partial charge in [-0.1, -0.05) is 58.8 Å². The van der Waals surface area contributed by atoms with Crippen LogP contribution in [0.4, 0.5) is 0 Å². The van der Waals surface area contributed by atoms with E-state index in [1.165, 1.54) is 64.2 Å². The normalized spacial score (nSPS) is 29.8. The van der Waals surface area contributed by atoms with Gasteiger partial charge < -0.3 is 5.32 Å². The monoisotopic (exact) mass is 239 g/mol. The first-order valence-electron chi connectivity index (χ1n) is 7.93. The molecule has 1 saturated carbocycles. The molecule has 1 rings (SSSR count). The van der Waals surface area contributed by atoms with Crippen LogP contribution in [0.25, 0.3) is 0 Å². The third-order valence-electron chi connectivity index (χ3n) is 4.67. The van der Waals surface area contributed by atoms with Gasteiger partial charge in [-0.15, -0.1) is 0 Å². The summed E-state index contributed by atoms with van der Waals surface area (Å²) in [6, 6.07) is 0.789. The van der Waals surface area contributed by atoms with E-state index in [9.17, 15) is 0 Å². The maximum absolute atomic E-state index is 3.49. The van der Waals surface area contributed by atoms with Crippen molar-refractivity contribution in [3.05, 3.63) is 0 Å². The molecule has 1 heteroatoms. The lowest BCUT2D eigenvalue weighted by atomic mass is 9.84. The van der Waals surface area contributed by atoms with E-state index in [4.69, 9.17) is 0 Å². The predicted molar refractivity (Wildman–Crippen MR) is 77.3 cm³/mol. The fraction of sp³-hybridized carbons (Fsp3) is 1.00. The molecule has 0 spiro atoms. The molecule has 1 aliphatic carbocycles. The Hall–Kier alpha value is -0.0400. The Balaban J connectivity index is 2.34. The molecule has 3 atom stereocenters. The largest absolute Gasteiger partial charge is 0.317 e. The van der Waals surface area contributed by atoms with Crippen molar-refractivity contribution < 1.29 is 0 Å². The van der Waals surface area contributed by atoms with E-state index in [-0.39, 0.29) is 0 Å². The van der Waals surface area contributed by atoms with Crippen LogP contribution in [-0.2, 0) is 0 Å². The van der Waals surface area contributed by atoms with Crippen LogP contribution in [0.5, 0.6) is 0 Å². The molecule has 0 saturated heterocycles. The number of hydrogen-bond acceptors (Lipinski definition) is 1. The van der Waals surface area contributed by atoms with E-state index in [0.717, 1.165) is 17.9 Å². The zero-order valence-electron chi connectivity index (χ0n) is 12.3. The van der Waals surface area contributed by atoms with Gasteiger partial charge in [-0.2, -0.15) is 0 Å². The molecule has 0 bridgehead atoms. The molecular formula is C16H33N. The SMILES string of the molecule is CCC(C)CC1CCCCCC(NC)CCC1. The average Bonchev–Trinajstić information content (AvgIpc) is 2.36. The summed E-state index contributed by atoms with van der Waals surface area (Å²) in [6.07, 6.45) is 14.4. The molecular weight excluding hydrogens is 206 g/mol. The Morgan fingerprint density at radius 3 is 2.35 bits per heavy atom. The standard InChI is InChI=1S/C16H33N/c1-4-14(2)13-15-9-6-5-7-11-16(17-3)12-8-10-15/h14-17H,4-13H2,1-3H3. The van der Waals surface area contributed by atoms with Crippen molar-refractivity contribution in [3.63, 3.8) is 0 Å². The van der Waals surface area contributed by atoms with Crippen molar-refractivity contribution in [2.75, 3.05) is 7.05 Å². The highest BCUT2D eigenvalue weighted by Crippen LogP contribution is 2.27. The zero-order chi connectivity index (χ0) is 12.5. The van der Waals surface area contributed by atoms with Gasteiger partial charge in [0, 0.05) is 6.04 Å². The zero-order valence-corrected chi connectivity index (χ0v) is 12.3. The summed E-state index contributed by atoms with van der Waals surface area (Å²) in [5.74, 6) is 1.95. The highest BCUT2D eigenvalue weighted by atomic mass is 14.9. The lowest BCUT2D eigenvalue weighted by Crippen LogP contribution is -2.25. The van der Waals surface area contributed by atoms with E-state index in [1.54, 1.807) is 0 Å². The van der Waals surface area contributed by atoms with E-state index >= 15 is 0 Å².